The first-order valence-electron chi connectivity index (χ1n) is 9.53. The van der Waals surface area contributed by atoms with Gasteiger partial charge in [-0.15, -0.1) is 10.2 Å². The van der Waals surface area contributed by atoms with Crippen LogP contribution in [0.3, 0.4) is 0 Å². The Morgan fingerprint density at radius 3 is 2.71 bits per heavy atom. The number of amides is 1. The molecule has 3 aromatic rings. The summed E-state index contributed by atoms with van der Waals surface area (Å²) >= 11 is 7.29. The minimum absolute atomic E-state index is 0.120. The van der Waals surface area contributed by atoms with E-state index < -0.39 is 5.97 Å². The largest absolute Gasteiger partial charge is 0.465 e. The quantitative estimate of drug-likeness (QED) is 0.367. The molecule has 0 radical (unpaired) electrons. The Morgan fingerprint density at radius 2 is 1.97 bits per heavy atom. The highest BCUT2D eigenvalue weighted by Crippen LogP contribution is 2.21. The molecule has 0 unspecified atom stereocenters. The Balaban J connectivity index is 1.61. The minimum atomic E-state index is -0.508. The van der Waals surface area contributed by atoms with Gasteiger partial charge in [-0.25, -0.2) is 4.79 Å². The van der Waals surface area contributed by atoms with Gasteiger partial charge in [-0.1, -0.05) is 41.6 Å². The number of ether oxygens (including phenoxy) is 1. The molecule has 0 saturated heterocycles. The standard InChI is InChI=1S/C21H22ClN5O3S/c1-3-27-18(12-23-15-8-6-7-14(22)11-15)25-26-21(27)31-13-19(28)24-17-10-5-4-9-16(17)20(29)30-2/h4-11,23H,3,12-13H2,1-2H3,(H,24,28). The fourth-order valence-electron chi connectivity index (χ4n) is 2.85. The predicted molar refractivity (Wildman–Crippen MR) is 122 cm³/mol. The van der Waals surface area contributed by atoms with Crippen LogP contribution in [0.2, 0.25) is 5.02 Å². The van der Waals surface area contributed by atoms with Crippen LogP contribution < -0.4 is 10.6 Å². The molecule has 0 aliphatic heterocycles. The molecule has 162 valence electrons. The second-order valence-corrected chi connectivity index (χ2v) is 7.76. The van der Waals surface area contributed by atoms with E-state index in [1.807, 2.05) is 35.8 Å². The Hall–Kier alpha value is -3.04. The summed E-state index contributed by atoms with van der Waals surface area (Å²) in [6.07, 6.45) is 0. The summed E-state index contributed by atoms with van der Waals surface area (Å²) in [4.78, 5) is 24.3. The van der Waals surface area contributed by atoms with Crippen LogP contribution in [0.25, 0.3) is 0 Å². The lowest BCUT2D eigenvalue weighted by molar-refractivity contribution is -0.113. The number of nitrogens with zero attached hydrogens (tertiary/aromatic N) is 3. The number of benzene rings is 2. The molecule has 0 fully saturated rings. The molecule has 1 aromatic heterocycles. The fraction of sp³-hybridized carbons (Fsp3) is 0.238. The van der Waals surface area contributed by atoms with E-state index in [4.69, 9.17) is 16.3 Å². The third-order valence-corrected chi connectivity index (χ3v) is 5.53. The smallest absolute Gasteiger partial charge is 0.339 e. The first-order valence-corrected chi connectivity index (χ1v) is 10.9. The van der Waals surface area contributed by atoms with Crippen molar-refractivity contribution in [3.63, 3.8) is 0 Å². The van der Waals surface area contributed by atoms with Crippen LogP contribution in [-0.4, -0.2) is 39.5 Å². The summed E-state index contributed by atoms with van der Waals surface area (Å²) in [5.41, 5.74) is 1.59. The van der Waals surface area contributed by atoms with Crippen molar-refractivity contribution in [2.45, 2.75) is 25.2 Å². The highest BCUT2D eigenvalue weighted by atomic mass is 35.5. The molecule has 0 atom stereocenters. The molecule has 10 heteroatoms. The Morgan fingerprint density at radius 1 is 1.16 bits per heavy atom. The number of methoxy groups -OCH3 is 1. The number of carbonyl (C=O) groups excluding carboxylic acids is 2. The van der Waals surface area contributed by atoms with Crippen molar-refractivity contribution in [2.24, 2.45) is 0 Å². The van der Waals surface area contributed by atoms with E-state index in [1.54, 1.807) is 24.3 Å². The van der Waals surface area contributed by atoms with Gasteiger partial charge in [0.05, 0.1) is 30.7 Å². The van der Waals surface area contributed by atoms with Crippen molar-refractivity contribution >= 4 is 46.6 Å². The molecule has 0 bridgehead atoms. The lowest BCUT2D eigenvalue weighted by atomic mass is 10.2. The topological polar surface area (TPSA) is 98.1 Å². The number of para-hydroxylation sites is 1. The zero-order chi connectivity index (χ0) is 22.2. The van der Waals surface area contributed by atoms with Crippen molar-refractivity contribution in [2.75, 3.05) is 23.5 Å². The highest BCUT2D eigenvalue weighted by molar-refractivity contribution is 7.99. The van der Waals surface area contributed by atoms with Gasteiger partial charge in [0.15, 0.2) is 11.0 Å². The number of rotatable bonds is 9. The number of esters is 1. The molecule has 0 aliphatic carbocycles. The first-order chi connectivity index (χ1) is 15.0. The average molecular weight is 460 g/mol. The SMILES string of the molecule is CCn1c(CNc2cccc(Cl)c2)nnc1SCC(=O)Nc1ccccc1C(=O)OC. The molecule has 0 spiro atoms. The summed E-state index contributed by atoms with van der Waals surface area (Å²) in [5.74, 6) is 0.105. The van der Waals surface area contributed by atoms with Gasteiger partial charge in [0.2, 0.25) is 5.91 Å². The van der Waals surface area contributed by atoms with Crippen molar-refractivity contribution in [3.05, 3.63) is 64.9 Å². The summed E-state index contributed by atoms with van der Waals surface area (Å²) in [6.45, 7) is 3.12. The summed E-state index contributed by atoms with van der Waals surface area (Å²) < 4.78 is 6.69. The normalized spacial score (nSPS) is 10.5. The van der Waals surface area contributed by atoms with Crippen LogP contribution in [-0.2, 0) is 22.6 Å². The number of thioether (sulfide) groups is 1. The van der Waals surface area contributed by atoms with Crippen molar-refractivity contribution < 1.29 is 14.3 Å². The Bertz CT molecular complexity index is 1070. The monoisotopic (exact) mass is 459 g/mol. The number of hydrogen-bond donors (Lipinski definition) is 2. The predicted octanol–water partition coefficient (Wildman–Crippen LogP) is 4.08. The molecule has 1 amide bonds. The van der Waals surface area contributed by atoms with Gasteiger partial charge < -0.3 is 19.9 Å². The maximum Gasteiger partial charge on any atom is 0.339 e. The van der Waals surface area contributed by atoms with E-state index in [-0.39, 0.29) is 11.7 Å². The first kappa shape index (κ1) is 22.6. The van der Waals surface area contributed by atoms with Crippen LogP contribution in [0.5, 0.6) is 0 Å². The molecule has 1 heterocycles. The molecule has 2 aromatic carbocycles. The molecular formula is C21H22ClN5O3S. The number of aromatic nitrogens is 3. The third-order valence-electron chi connectivity index (χ3n) is 4.32. The second kappa shape index (κ2) is 10.8. The number of nitrogens with one attached hydrogen (secondary N) is 2. The van der Waals surface area contributed by atoms with Gasteiger partial charge in [0, 0.05) is 17.3 Å². The van der Waals surface area contributed by atoms with E-state index >= 15 is 0 Å². The lowest BCUT2D eigenvalue weighted by Crippen LogP contribution is -2.17. The van der Waals surface area contributed by atoms with Gasteiger partial charge in [-0.2, -0.15) is 0 Å². The Kier molecular flexibility index (Phi) is 7.91. The zero-order valence-corrected chi connectivity index (χ0v) is 18.7. The third kappa shape index (κ3) is 5.99. The van der Waals surface area contributed by atoms with E-state index in [2.05, 4.69) is 20.8 Å². The van der Waals surface area contributed by atoms with Gasteiger partial charge in [0.1, 0.15) is 0 Å². The molecule has 0 aliphatic rings. The molecule has 8 nitrogen and oxygen atoms in total. The van der Waals surface area contributed by atoms with Crippen molar-refractivity contribution in [1.29, 1.82) is 0 Å². The number of hydrogen-bond acceptors (Lipinski definition) is 7. The molecule has 0 saturated carbocycles. The lowest BCUT2D eigenvalue weighted by Gasteiger charge is -2.10. The average Bonchev–Trinajstić information content (AvgIpc) is 3.18. The van der Waals surface area contributed by atoms with Crippen LogP contribution in [0.1, 0.15) is 23.1 Å². The van der Waals surface area contributed by atoms with Crippen LogP contribution in [0.15, 0.2) is 53.7 Å². The highest BCUT2D eigenvalue weighted by Gasteiger charge is 2.16. The maximum absolute atomic E-state index is 12.4. The van der Waals surface area contributed by atoms with E-state index in [1.165, 1.54) is 18.9 Å². The summed E-state index contributed by atoms with van der Waals surface area (Å²) in [7, 11) is 1.30. The van der Waals surface area contributed by atoms with E-state index in [0.29, 0.717) is 34.5 Å². The van der Waals surface area contributed by atoms with Crippen molar-refractivity contribution in [3.8, 4) is 0 Å². The van der Waals surface area contributed by atoms with Crippen LogP contribution >= 0.6 is 23.4 Å². The maximum atomic E-state index is 12.4. The van der Waals surface area contributed by atoms with Crippen LogP contribution in [0.4, 0.5) is 11.4 Å². The van der Waals surface area contributed by atoms with Gasteiger partial charge >= 0.3 is 5.97 Å². The Labute approximate surface area is 189 Å². The van der Waals surface area contributed by atoms with Gasteiger partial charge in [-0.05, 0) is 37.3 Å². The zero-order valence-electron chi connectivity index (χ0n) is 17.1. The number of anilines is 2. The summed E-state index contributed by atoms with van der Waals surface area (Å²) in [6, 6.07) is 14.1. The summed E-state index contributed by atoms with van der Waals surface area (Å²) in [5, 5.41) is 15.8. The van der Waals surface area contributed by atoms with Gasteiger partial charge in [-0.3, -0.25) is 4.79 Å². The van der Waals surface area contributed by atoms with Crippen molar-refractivity contribution in [1.82, 2.24) is 14.8 Å². The number of carbonyl (C=O) groups is 2. The fourth-order valence-corrected chi connectivity index (χ4v) is 3.86. The molecule has 3 rings (SSSR count). The number of halogens is 1. The minimum Gasteiger partial charge on any atom is -0.465 e. The molecule has 2 N–H and O–H groups in total. The van der Waals surface area contributed by atoms with E-state index in [9.17, 15) is 9.59 Å². The van der Waals surface area contributed by atoms with Gasteiger partial charge in [0.25, 0.3) is 0 Å². The van der Waals surface area contributed by atoms with Crippen LogP contribution in [0, 0.1) is 0 Å². The second-order valence-electron chi connectivity index (χ2n) is 6.38. The molecule has 31 heavy (non-hydrogen) atoms. The van der Waals surface area contributed by atoms with E-state index in [0.717, 1.165) is 11.5 Å². The molecular weight excluding hydrogens is 438 g/mol.